The second kappa shape index (κ2) is 21.9. The molecule has 0 radical (unpaired) electrons. The zero-order chi connectivity index (χ0) is 51.1. The standard InChI is InChI=1S/C50H49F4N7O7S2/c1-30-43(70-29-57-30)32-13-11-31(12-14-32)25-56-26-40(63)39-23-36(62)27-59(39)45(65)44(48(2,3)4)58-42(64)28-67-19-9-7-8-10-20-68-41-18-17-35(22-38(41)51)61-47(69)60(46(66)49(61,5)6)34-16-15-33(24-55)37(21-34)50(52,53)54/h11-18,21-22,29,36,39,44,56,62H,19-20,23,25-28H2,1-6H3,(H,58,64)/t36-,39+,44-/m1/s1. The van der Waals surface area contributed by atoms with Crippen molar-refractivity contribution in [2.24, 2.45) is 5.41 Å². The number of carbonyl (C=O) groups is 4. The summed E-state index contributed by atoms with van der Waals surface area (Å²) in [6.45, 7) is 9.63. The van der Waals surface area contributed by atoms with Crippen molar-refractivity contribution in [3.63, 3.8) is 0 Å². The number of aliphatic hydroxyl groups excluding tert-OH is 1. The van der Waals surface area contributed by atoms with Crippen molar-refractivity contribution in [3.05, 3.63) is 94.4 Å². The molecule has 20 heteroatoms. The first-order valence-corrected chi connectivity index (χ1v) is 23.1. The summed E-state index contributed by atoms with van der Waals surface area (Å²) in [5, 5.41) is 25.4. The van der Waals surface area contributed by atoms with E-state index in [0.717, 1.165) is 38.7 Å². The Balaban J connectivity index is 0.958. The smallest absolute Gasteiger partial charge is 0.417 e. The highest BCUT2D eigenvalue weighted by molar-refractivity contribution is 7.81. The van der Waals surface area contributed by atoms with Crippen molar-refractivity contribution in [1.29, 1.82) is 5.26 Å². The summed E-state index contributed by atoms with van der Waals surface area (Å²) in [6.07, 6.45) is -5.71. The number of halogens is 4. The summed E-state index contributed by atoms with van der Waals surface area (Å²) < 4.78 is 67.2. The zero-order valence-electron chi connectivity index (χ0n) is 39.0. The summed E-state index contributed by atoms with van der Waals surface area (Å²) in [7, 11) is 0. The van der Waals surface area contributed by atoms with Crippen LogP contribution in [-0.4, -0.2) is 100 Å². The number of thiazole rings is 1. The van der Waals surface area contributed by atoms with E-state index < -0.39 is 76.6 Å². The number of hydrogen-bond donors (Lipinski definition) is 3. The van der Waals surface area contributed by atoms with Crippen LogP contribution < -0.4 is 25.2 Å². The summed E-state index contributed by atoms with van der Waals surface area (Å²) in [5.74, 6) is 7.21. The van der Waals surface area contributed by atoms with Gasteiger partial charge in [-0.1, -0.05) is 51.0 Å². The van der Waals surface area contributed by atoms with Crippen molar-refractivity contribution in [1.82, 2.24) is 20.5 Å². The Morgan fingerprint density at radius 1 is 1.03 bits per heavy atom. The largest absolute Gasteiger partial charge is 0.478 e. The van der Waals surface area contributed by atoms with Crippen LogP contribution in [0.25, 0.3) is 10.4 Å². The summed E-state index contributed by atoms with van der Waals surface area (Å²) in [4.78, 5) is 62.8. The number of nitrogens with one attached hydrogen (secondary N) is 2. The van der Waals surface area contributed by atoms with E-state index in [0.29, 0.717) is 12.6 Å². The second-order valence-corrected chi connectivity index (χ2v) is 19.2. The fraction of sp³-hybridized carbons (Fsp3) is 0.380. The number of carbonyl (C=O) groups excluding carboxylic acids is 4. The molecule has 3 amide bonds. The van der Waals surface area contributed by atoms with E-state index in [-0.39, 0.29) is 60.7 Å². The van der Waals surface area contributed by atoms with Gasteiger partial charge < -0.3 is 35.0 Å². The van der Waals surface area contributed by atoms with E-state index in [2.05, 4.69) is 39.3 Å². The van der Waals surface area contributed by atoms with Gasteiger partial charge in [0.2, 0.25) is 11.8 Å². The number of Topliss-reactive ketones (excluding diaryl/α,β-unsaturated/α-hetero) is 1. The number of likely N-dealkylation sites (tertiary alicyclic amines) is 1. The lowest BCUT2D eigenvalue weighted by Gasteiger charge is -2.35. The zero-order valence-corrected chi connectivity index (χ0v) is 40.6. The van der Waals surface area contributed by atoms with Crippen molar-refractivity contribution in [2.75, 3.05) is 42.7 Å². The quantitative estimate of drug-likeness (QED) is 0.0524. The molecule has 0 bridgehead atoms. The molecule has 2 aliphatic rings. The van der Waals surface area contributed by atoms with Crippen LogP contribution in [0.3, 0.4) is 0 Å². The lowest BCUT2D eigenvalue weighted by Crippen LogP contribution is -2.57. The minimum Gasteiger partial charge on any atom is -0.478 e. The van der Waals surface area contributed by atoms with Gasteiger partial charge in [0, 0.05) is 31.3 Å². The maximum atomic E-state index is 15.3. The molecule has 0 unspecified atom stereocenters. The molecule has 3 atom stereocenters. The van der Waals surface area contributed by atoms with Gasteiger partial charge in [-0.15, -0.1) is 11.3 Å². The molecule has 2 saturated heterocycles. The van der Waals surface area contributed by atoms with E-state index in [4.69, 9.17) is 21.7 Å². The van der Waals surface area contributed by atoms with Crippen LogP contribution in [0.1, 0.15) is 63.4 Å². The third kappa shape index (κ3) is 12.2. The second-order valence-electron chi connectivity index (χ2n) is 18.0. The number of thiocarbonyl (C=S) groups is 1. The van der Waals surface area contributed by atoms with Crippen LogP contribution in [0, 0.1) is 53.2 Å². The molecule has 2 aliphatic heterocycles. The van der Waals surface area contributed by atoms with Gasteiger partial charge in [-0.3, -0.25) is 24.1 Å². The molecule has 4 aromatic rings. The molecule has 1 aromatic heterocycles. The lowest BCUT2D eigenvalue weighted by atomic mass is 9.85. The number of amides is 3. The maximum absolute atomic E-state index is 15.3. The fourth-order valence-electron chi connectivity index (χ4n) is 7.86. The van der Waals surface area contributed by atoms with E-state index in [1.165, 1.54) is 47.9 Å². The Kier molecular flexibility index (Phi) is 16.5. The molecule has 70 heavy (non-hydrogen) atoms. The number of nitriles is 1. The normalized spacial score (nSPS) is 17.0. The summed E-state index contributed by atoms with van der Waals surface area (Å²) >= 11 is 7.08. The average Bonchev–Trinajstić information content (AvgIpc) is 3.96. The van der Waals surface area contributed by atoms with Gasteiger partial charge in [0.25, 0.3) is 5.91 Å². The number of aliphatic hydroxyl groups is 1. The van der Waals surface area contributed by atoms with Gasteiger partial charge in [0.15, 0.2) is 22.5 Å². The maximum Gasteiger partial charge on any atom is 0.417 e. The molecule has 0 aliphatic carbocycles. The van der Waals surface area contributed by atoms with Crippen LogP contribution in [0.5, 0.6) is 5.75 Å². The number of rotatable bonds is 15. The van der Waals surface area contributed by atoms with Crippen LogP contribution in [-0.2, 0) is 36.6 Å². The number of aromatic nitrogens is 1. The van der Waals surface area contributed by atoms with Crippen LogP contribution in [0.2, 0.25) is 0 Å². The van der Waals surface area contributed by atoms with Crippen molar-refractivity contribution >= 4 is 63.5 Å². The van der Waals surface area contributed by atoms with Crippen LogP contribution in [0.4, 0.5) is 28.9 Å². The van der Waals surface area contributed by atoms with E-state index >= 15 is 4.39 Å². The third-order valence-corrected chi connectivity index (χ3v) is 12.8. The molecular formula is C50H49F4N7O7S2. The highest BCUT2D eigenvalue weighted by atomic mass is 32.1. The Morgan fingerprint density at radius 3 is 2.34 bits per heavy atom. The van der Waals surface area contributed by atoms with E-state index in [1.807, 2.05) is 31.2 Å². The number of anilines is 2. The number of alkyl halides is 3. The third-order valence-electron chi connectivity index (χ3n) is 11.4. The van der Waals surface area contributed by atoms with Crippen LogP contribution >= 0.6 is 23.6 Å². The van der Waals surface area contributed by atoms with Gasteiger partial charge in [0.05, 0.1) is 57.7 Å². The Bertz CT molecular complexity index is 2830. The first kappa shape index (κ1) is 52.6. The fourth-order valence-corrected chi connectivity index (χ4v) is 9.19. The lowest BCUT2D eigenvalue weighted by molar-refractivity contribution is -0.144. The summed E-state index contributed by atoms with van der Waals surface area (Å²) in [5.41, 5.74) is 0.629. The Morgan fingerprint density at radius 2 is 1.71 bits per heavy atom. The average molecular weight is 1000 g/mol. The highest BCUT2D eigenvalue weighted by Gasteiger charge is 2.51. The predicted octanol–water partition coefficient (Wildman–Crippen LogP) is 6.32. The first-order valence-electron chi connectivity index (χ1n) is 21.8. The van der Waals surface area contributed by atoms with Crippen molar-refractivity contribution in [2.45, 2.75) is 84.4 Å². The van der Waals surface area contributed by atoms with E-state index in [1.54, 1.807) is 37.6 Å². The highest BCUT2D eigenvalue weighted by Crippen LogP contribution is 2.40. The number of hydrogen-bond acceptors (Lipinski definition) is 12. The Labute approximate surface area is 411 Å². The number of ether oxygens (including phenoxy) is 2. The molecule has 3 N–H and O–H groups in total. The molecule has 14 nitrogen and oxygen atoms in total. The number of ketones is 1. The number of β-amino-alcohol motifs (C(OH)–C–C–N with tert-alkyl or cyclic N) is 1. The van der Waals surface area contributed by atoms with E-state index in [9.17, 15) is 42.7 Å². The van der Waals surface area contributed by atoms with Gasteiger partial charge in [-0.2, -0.15) is 18.4 Å². The summed E-state index contributed by atoms with van der Waals surface area (Å²) in [6, 6.07) is 14.1. The molecule has 366 valence electrons. The molecule has 3 aromatic carbocycles. The van der Waals surface area contributed by atoms with Crippen molar-refractivity contribution in [3.8, 4) is 45.9 Å². The van der Waals surface area contributed by atoms with Crippen molar-refractivity contribution < 1.29 is 51.3 Å². The molecular weight excluding hydrogens is 951 g/mol. The number of benzene rings is 3. The number of nitrogens with zero attached hydrogens (tertiary/aromatic N) is 5. The number of aryl methyl sites for hydroxylation is 1. The molecule has 0 spiro atoms. The van der Waals surface area contributed by atoms with Gasteiger partial charge in [-0.25, -0.2) is 9.37 Å². The van der Waals surface area contributed by atoms with Gasteiger partial charge in [0.1, 0.15) is 31.4 Å². The molecule has 6 rings (SSSR count). The molecule has 3 heterocycles. The minimum atomic E-state index is -4.87. The minimum absolute atomic E-state index is 0.0324. The molecule has 2 fully saturated rings. The SMILES string of the molecule is Cc1ncsc1-c1ccc(CNCC(=O)[C@@H]2C[C@@H](O)CN2C(=O)[C@@H](NC(=O)COCC#CC#CCOc2ccc(N3C(=S)N(c4ccc(C#N)c(C(F)(F)F)c4)C(=O)C3(C)C)cc2F)C(C)(C)C)cc1. The first-order chi connectivity index (χ1) is 33.0. The topological polar surface area (TPSA) is 177 Å². The Hall–Kier alpha value is -6.73. The van der Waals surface area contributed by atoms with Gasteiger partial charge >= 0.3 is 6.18 Å². The predicted molar refractivity (Wildman–Crippen MR) is 258 cm³/mol. The monoisotopic (exact) mass is 999 g/mol. The molecule has 0 saturated carbocycles. The van der Waals surface area contributed by atoms with Gasteiger partial charge in [-0.05, 0) is 97.6 Å². The van der Waals surface area contributed by atoms with Crippen LogP contribution in [0.15, 0.2) is 66.2 Å².